The predicted molar refractivity (Wildman–Crippen MR) is 136 cm³/mol. The minimum absolute atomic E-state index is 0.209. The molecule has 2 atom stereocenters. The van der Waals surface area contributed by atoms with Gasteiger partial charge in [0, 0.05) is 16.7 Å². The van der Waals surface area contributed by atoms with E-state index in [1.54, 1.807) is 25.1 Å². The summed E-state index contributed by atoms with van der Waals surface area (Å²) in [6.07, 6.45) is 3.05. The molecule has 168 valence electrons. The zero-order valence-electron chi connectivity index (χ0n) is 19.0. The van der Waals surface area contributed by atoms with Gasteiger partial charge in [-0.1, -0.05) is 60.1 Å². The molecule has 3 aromatic rings. The number of halogens is 1. The molecule has 2 unspecified atom stereocenters. The standard InChI is InChI=1S/C28H27ClN2O2/c1-18-13-15-22(29)17-23(18)28(21-9-5-4-6-10-21)27(20(3)32)26(33)16-14-19(2)31-25-12-8-7-11-24(25)30/h4-17,27-28H,30H2,1-3H3/b16-14+,31-19?. The highest BCUT2D eigenvalue weighted by Crippen LogP contribution is 2.36. The predicted octanol–water partition coefficient (Wildman–Crippen LogP) is 6.49. The number of nitrogens with zero attached hydrogens (tertiary/aromatic N) is 1. The van der Waals surface area contributed by atoms with E-state index in [1.807, 2.05) is 67.6 Å². The molecule has 3 aromatic carbocycles. The molecule has 0 radical (unpaired) electrons. The number of carbonyl (C=O) groups excluding carboxylic acids is 2. The summed E-state index contributed by atoms with van der Waals surface area (Å²) in [5.74, 6) is -1.84. The van der Waals surface area contributed by atoms with Crippen LogP contribution in [0.3, 0.4) is 0 Å². The summed E-state index contributed by atoms with van der Waals surface area (Å²) in [4.78, 5) is 30.7. The number of carbonyl (C=O) groups is 2. The maximum Gasteiger partial charge on any atom is 0.167 e. The zero-order valence-corrected chi connectivity index (χ0v) is 19.7. The number of ketones is 2. The highest BCUT2D eigenvalue weighted by atomic mass is 35.5. The third kappa shape index (κ3) is 6.05. The van der Waals surface area contributed by atoms with Gasteiger partial charge in [0.1, 0.15) is 5.78 Å². The van der Waals surface area contributed by atoms with Crippen molar-refractivity contribution in [3.8, 4) is 0 Å². The Hall–Kier alpha value is -3.50. The van der Waals surface area contributed by atoms with Crippen molar-refractivity contribution in [1.29, 1.82) is 0 Å². The molecule has 0 aliphatic carbocycles. The molecule has 0 aliphatic rings. The number of aryl methyl sites for hydroxylation is 1. The topological polar surface area (TPSA) is 72.5 Å². The van der Waals surface area contributed by atoms with Crippen LogP contribution in [0.15, 0.2) is 89.9 Å². The van der Waals surface area contributed by atoms with Crippen molar-refractivity contribution < 1.29 is 9.59 Å². The van der Waals surface area contributed by atoms with Crippen molar-refractivity contribution in [2.45, 2.75) is 26.7 Å². The number of para-hydroxylation sites is 2. The van der Waals surface area contributed by atoms with Gasteiger partial charge in [-0.15, -0.1) is 0 Å². The second kappa shape index (κ2) is 10.9. The van der Waals surface area contributed by atoms with Gasteiger partial charge in [-0.25, -0.2) is 0 Å². The first kappa shape index (κ1) is 24.1. The van der Waals surface area contributed by atoms with Gasteiger partial charge in [0.05, 0.1) is 17.3 Å². The maximum atomic E-state index is 13.4. The van der Waals surface area contributed by atoms with Crippen LogP contribution >= 0.6 is 11.6 Å². The molecule has 0 fully saturated rings. The monoisotopic (exact) mass is 458 g/mol. The molecule has 0 saturated heterocycles. The molecule has 2 N–H and O–H groups in total. The van der Waals surface area contributed by atoms with E-state index in [2.05, 4.69) is 4.99 Å². The molecule has 0 saturated carbocycles. The van der Waals surface area contributed by atoms with E-state index >= 15 is 0 Å². The second-order valence-electron chi connectivity index (χ2n) is 8.03. The van der Waals surface area contributed by atoms with E-state index < -0.39 is 11.8 Å². The van der Waals surface area contributed by atoms with Crippen LogP contribution < -0.4 is 5.73 Å². The number of nitrogens with two attached hydrogens (primary N) is 1. The number of anilines is 1. The van der Waals surface area contributed by atoms with Crippen LogP contribution in [0.4, 0.5) is 11.4 Å². The van der Waals surface area contributed by atoms with Gasteiger partial charge in [0.2, 0.25) is 0 Å². The summed E-state index contributed by atoms with van der Waals surface area (Å²) < 4.78 is 0. The van der Waals surface area contributed by atoms with Crippen LogP contribution in [0.1, 0.15) is 36.5 Å². The molecule has 4 nitrogen and oxygen atoms in total. The van der Waals surface area contributed by atoms with Crippen LogP contribution in [0.5, 0.6) is 0 Å². The molecule has 33 heavy (non-hydrogen) atoms. The summed E-state index contributed by atoms with van der Waals surface area (Å²) in [5, 5.41) is 0.560. The molecule has 5 heteroatoms. The molecule has 0 aromatic heterocycles. The Morgan fingerprint density at radius 3 is 2.27 bits per heavy atom. The first-order valence-corrected chi connectivity index (χ1v) is 11.1. The first-order chi connectivity index (χ1) is 15.8. The Morgan fingerprint density at radius 1 is 0.939 bits per heavy atom. The number of aliphatic imine (C=N–C) groups is 1. The molecule has 0 amide bonds. The third-order valence-corrected chi connectivity index (χ3v) is 5.77. The van der Waals surface area contributed by atoms with Crippen LogP contribution in [0.25, 0.3) is 0 Å². The van der Waals surface area contributed by atoms with E-state index in [0.29, 0.717) is 22.1 Å². The van der Waals surface area contributed by atoms with Crippen molar-refractivity contribution in [3.63, 3.8) is 0 Å². The largest absolute Gasteiger partial charge is 0.397 e. The smallest absolute Gasteiger partial charge is 0.167 e. The van der Waals surface area contributed by atoms with Gasteiger partial charge in [-0.3, -0.25) is 14.6 Å². The fourth-order valence-electron chi connectivity index (χ4n) is 3.88. The molecule has 0 bridgehead atoms. The summed E-state index contributed by atoms with van der Waals surface area (Å²) >= 11 is 6.29. The molecular weight excluding hydrogens is 432 g/mol. The normalized spacial score (nSPS) is 13.6. The lowest BCUT2D eigenvalue weighted by Gasteiger charge is -2.26. The number of nitrogen functional groups attached to an aromatic ring is 1. The van der Waals surface area contributed by atoms with Gasteiger partial charge < -0.3 is 5.73 Å². The van der Waals surface area contributed by atoms with Gasteiger partial charge >= 0.3 is 0 Å². The fourth-order valence-corrected chi connectivity index (χ4v) is 4.06. The Balaban J connectivity index is 2.01. The van der Waals surface area contributed by atoms with Crippen LogP contribution in [-0.2, 0) is 9.59 Å². The van der Waals surface area contributed by atoms with Crippen LogP contribution in [0.2, 0.25) is 5.02 Å². The zero-order chi connectivity index (χ0) is 24.0. The summed E-state index contributed by atoms with van der Waals surface area (Å²) in [5.41, 5.74) is 10.5. The van der Waals surface area contributed by atoms with Crippen LogP contribution in [-0.4, -0.2) is 17.3 Å². The lowest BCUT2D eigenvalue weighted by Crippen LogP contribution is -2.29. The summed E-state index contributed by atoms with van der Waals surface area (Å²) in [7, 11) is 0. The average Bonchev–Trinajstić information content (AvgIpc) is 2.79. The van der Waals surface area contributed by atoms with Gasteiger partial charge in [-0.2, -0.15) is 0 Å². The van der Waals surface area contributed by atoms with E-state index in [-0.39, 0.29) is 11.6 Å². The van der Waals surface area contributed by atoms with Crippen molar-refractivity contribution in [3.05, 3.63) is 107 Å². The summed E-state index contributed by atoms with van der Waals surface area (Å²) in [6, 6.07) is 22.4. The molecule has 0 aliphatic heterocycles. The molecule has 0 spiro atoms. The number of allylic oxidation sites excluding steroid dienone is 2. The number of Topliss-reactive ketones (excluding diaryl/α,β-unsaturated/α-hetero) is 1. The number of hydrogen-bond donors (Lipinski definition) is 1. The average molecular weight is 459 g/mol. The van der Waals surface area contributed by atoms with Crippen molar-refractivity contribution in [2.75, 3.05) is 5.73 Å². The van der Waals surface area contributed by atoms with Gasteiger partial charge in [0.25, 0.3) is 0 Å². The number of rotatable bonds is 8. The van der Waals surface area contributed by atoms with Crippen molar-refractivity contribution in [2.24, 2.45) is 10.9 Å². The van der Waals surface area contributed by atoms with Crippen molar-refractivity contribution in [1.82, 2.24) is 0 Å². The maximum absolute atomic E-state index is 13.4. The van der Waals surface area contributed by atoms with Gasteiger partial charge in [-0.05, 0) is 73.9 Å². The Labute approximate surface area is 199 Å². The minimum Gasteiger partial charge on any atom is -0.397 e. The lowest BCUT2D eigenvalue weighted by atomic mass is 9.75. The Kier molecular flexibility index (Phi) is 7.96. The van der Waals surface area contributed by atoms with E-state index in [9.17, 15) is 9.59 Å². The third-order valence-electron chi connectivity index (χ3n) is 5.54. The fraction of sp³-hybridized carbons (Fsp3) is 0.179. The van der Waals surface area contributed by atoms with E-state index in [4.69, 9.17) is 17.3 Å². The number of hydrogen-bond acceptors (Lipinski definition) is 4. The van der Waals surface area contributed by atoms with Crippen LogP contribution in [0, 0.1) is 12.8 Å². The van der Waals surface area contributed by atoms with Gasteiger partial charge in [0.15, 0.2) is 5.78 Å². The minimum atomic E-state index is -0.893. The quantitative estimate of drug-likeness (QED) is 0.181. The van der Waals surface area contributed by atoms with E-state index in [0.717, 1.165) is 16.7 Å². The highest BCUT2D eigenvalue weighted by Gasteiger charge is 2.34. The summed E-state index contributed by atoms with van der Waals surface area (Å²) in [6.45, 7) is 5.20. The Bertz CT molecular complexity index is 1220. The first-order valence-electron chi connectivity index (χ1n) is 10.7. The molecular formula is C28H27ClN2O2. The lowest BCUT2D eigenvalue weighted by molar-refractivity contribution is -0.129. The van der Waals surface area contributed by atoms with E-state index in [1.165, 1.54) is 13.0 Å². The van der Waals surface area contributed by atoms with Crippen molar-refractivity contribution >= 4 is 40.3 Å². The second-order valence-corrected chi connectivity index (χ2v) is 8.46. The Morgan fingerprint density at radius 2 is 1.61 bits per heavy atom. The molecule has 3 rings (SSSR count). The number of benzene rings is 3. The molecule has 0 heterocycles. The highest BCUT2D eigenvalue weighted by molar-refractivity contribution is 6.30. The SMILES string of the molecule is CC(=O)C(C(=O)/C=C/C(C)=Nc1ccccc1N)C(c1ccccc1)c1cc(Cl)ccc1C.